The van der Waals surface area contributed by atoms with E-state index in [0.29, 0.717) is 26.2 Å². The first-order valence-corrected chi connectivity index (χ1v) is 8.69. The number of nitrogens with zero attached hydrogens (tertiary/aromatic N) is 5. The highest BCUT2D eigenvalue weighted by molar-refractivity contribution is 5.81. The molecule has 0 aromatic carbocycles. The molecule has 2 amide bonds. The molecule has 1 saturated carbocycles. The Bertz CT molecular complexity index is 761. The molecule has 2 aliphatic rings. The third-order valence-corrected chi connectivity index (χ3v) is 4.78. The van der Waals surface area contributed by atoms with Crippen molar-refractivity contribution in [3.05, 3.63) is 37.1 Å². The van der Waals surface area contributed by atoms with E-state index in [1.54, 1.807) is 23.3 Å². The molecule has 3 heterocycles. The number of piperazine rings is 1. The molecule has 7 nitrogen and oxygen atoms in total. The van der Waals surface area contributed by atoms with E-state index in [9.17, 15) is 9.59 Å². The van der Waals surface area contributed by atoms with Gasteiger partial charge in [0.05, 0.1) is 12.0 Å². The van der Waals surface area contributed by atoms with Gasteiger partial charge in [-0.2, -0.15) is 0 Å². The highest BCUT2D eigenvalue weighted by Crippen LogP contribution is 2.31. The van der Waals surface area contributed by atoms with Gasteiger partial charge < -0.3 is 14.4 Å². The summed E-state index contributed by atoms with van der Waals surface area (Å²) >= 11 is 0. The van der Waals surface area contributed by atoms with Gasteiger partial charge in [-0.1, -0.05) is 0 Å². The van der Waals surface area contributed by atoms with Crippen LogP contribution in [-0.2, 0) is 16.1 Å². The zero-order chi connectivity index (χ0) is 17.2. The lowest BCUT2D eigenvalue weighted by Gasteiger charge is -2.35. The fourth-order valence-electron chi connectivity index (χ4n) is 3.13. The Morgan fingerprint density at radius 3 is 2.56 bits per heavy atom. The summed E-state index contributed by atoms with van der Waals surface area (Å²) in [4.78, 5) is 36.7. The number of pyridine rings is 1. The maximum Gasteiger partial charge on any atom is 0.242 e. The lowest BCUT2D eigenvalue weighted by molar-refractivity contribution is -0.140. The third kappa shape index (κ3) is 3.55. The van der Waals surface area contributed by atoms with Gasteiger partial charge in [0.25, 0.3) is 0 Å². The van der Waals surface area contributed by atoms with Gasteiger partial charge in [0.2, 0.25) is 11.8 Å². The van der Waals surface area contributed by atoms with Gasteiger partial charge in [-0.05, 0) is 25.0 Å². The molecule has 2 aromatic rings. The molecule has 130 valence electrons. The van der Waals surface area contributed by atoms with Crippen molar-refractivity contribution >= 4 is 11.8 Å². The molecule has 0 radical (unpaired) electrons. The lowest BCUT2D eigenvalue weighted by Crippen LogP contribution is -2.51. The molecule has 7 heteroatoms. The second-order valence-corrected chi connectivity index (χ2v) is 6.65. The summed E-state index contributed by atoms with van der Waals surface area (Å²) in [6, 6.07) is 3.81. The molecule has 4 rings (SSSR count). The van der Waals surface area contributed by atoms with Crippen molar-refractivity contribution in [1.82, 2.24) is 24.3 Å². The van der Waals surface area contributed by atoms with Crippen LogP contribution in [0.4, 0.5) is 0 Å². The summed E-state index contributed by atoms with van der Waals surface area (Å²) in [5, 5.41) is 0. The van der Waals surface area contributed by atoms with Crippen LogP contribution in [0.5, 0.6) is 0 Å². The van der Waals surface area contributed by atoms with Crippen molar-refractivity contribution in [3.8, 4) is 11.3 Å². The topological polar surface area (TPSA) is 71.3 Å². The second-order valence-electron chi connectivity index (χ2n) is 6.65. The van der Waals surface area contributed by atoms with Gasteiger partial charge in [-0.3, -0.25) is 14.6 Å². The quantitative estimate of drug-likeness (QED) is 0.834. The summed E-state index contributed by atoms with van der Waals surface area (Å²) in [6.45, 7) is 2.78. The molecule has 1 aliphatic heterocycles. The zero-order valence-electron chi connectivity index (χ0n) is 14.0. The smallest absolute Gasteiger partial charge is 0.242 e. The minimum atomic E-state index is 0.0636. The molecule has 0 spiro atoms. The molecule has 0 unspecified atom stereocenters. The van der Waals surface area contributed by atoms with E-state index in [0.717, 1.165) is 24.1 Å². The van der Waals surface area contributed by atoms with Crippen LogP contribution in [0.2, 0.25) is 0 Å². The SMILES string of the molecule is O=C(Cn1cnc(-c2cccnc2)c1)N1CCN(C(=O)C2CC2)CC1. The van der Waals surface area contributed by atoms with Crippen LogP contribution < -0.4 is 0 Å². The molecule has 0 atom stereocenters. The first kappa shape index (κ1) is 15.8. The third-order valence-electron chi connectivity index (χ3n) is 4.78. The molecular weight excluding hydrogens is 318 g/mol. The first-order chi connectivity index (χ1) is 12.2. The van der Waals surface area contributed by atoms with Crippen molar-refractivity contribution in [2.24, 2.45) is 5.92 Å². The fourth-order valence-corrected chi connectivity index (χ4v) is 3.13. The Morgan fingerprint density at radius 1 is 1.12 bits per heavy atom. The van der Waals surface area contributed by atoms with E-state index in [1.165, 1.54) is 0 Å². The summed E-state index contributed by atoms with van der Waals surface area (Å²) in [5.74, 6) is 0.579. The van der Waals surface area contributed by atoms with Crippen LogP contribution in [-0.4, -0.2) is 62.3 Å². The average Bonchev–Trinajstić information content (AvgIpc) is 3.41. The zero-order valence-corrected chi connectivity index (χ0v) is 14.0. The molecule has 1 saturated heterocycles. The molecule has 0 N–H and O–H groups in total. The molecule has 1 aliphatic carbocycles. The normalized spacial score (nSPS) is 17.6. The highest BCUT2D eigenvalue weighted by atomic mass is 16.2. The van der Waals surface area contributed by atoms with Crippen LogP contribution in [0, 0.1) is 5.92 Å². The van der Waals surface area contributed by atoms with Crippen LogP contribution >= 0.6 is 0 Å². The number of hydrogen-bond donors (Lipinski definition) is 0. The van der Waals surface area contributed by atoms with Crippen molar-refractivity contribution in [3.63, 3.8) is 0 Å². The van der Waals surface area contributed by atoms with E-state index in [2.05, 4.69) is 9.97 Å². The Kier molecular flexibility index (Phi) is 4.21. The number of hydrogen-bond acceptors (Lipinski definition) is 4. The van der Waals surface area contributed by atoms with Crippen LogP contribution in [0.15, 0.2) is 37.1 Å². The van der Waals surface area contributed by atoms with Gasteiger partial charge in [0.15, 0.2) is 0 Å². The number of carbonyl (C=O) groups is 2. The van der Waals surface area contributed by atoms with Crippen molar-refractivity contribution in [2.75, 3.05) is 26.2 Å². The van der Waals surface area contributed by atoms with E-state index in [4.69, 9.17) is 0 Å². The van der Waals surface area contributed by atoms with Gasteiger partial charge in [-0.15, -0.1) is 0 Å². The minimum Gasteiger partial charge on any atom is -0.339 e. The molecule has 25 heavy (non-hydrogen) atoms. The minimum absolute atomic E-state index is 0.0636. The monoisotopic (exact) mass is 339 g/mol. The summed E-state index contributed by atoms with van der Waals surface area (Å²) < 4.78 is 1.80. The summed E-state index contributed by atoms with van der Waals surface area (Å²) in [7, 11) is 0. The maximum absolute atomic E-state index is 12.5. The molecule has 0 bridgehead atoms. The van der Waals surface area contributed by atoms with Gasteiger partial charge in [0, 0.05) is 56.3 Å². The Morgan fingerprint density at radius 2 is 1.88 bits per heavy atom. The number of carbonyl (C=O) groups excluding carboxylic acids is 2. The van der Waals surface area contributed by atoms with E-state index >= 15 is 0 Å². The Labute approximate surface area is 146 Å². The van der Waals surface area contributed by atoms with E-state index in [-0.39, 0.29) is 24.3 Å². The van der Waals surface area contributed by atoms with E-state index in [1.807, 2.05) is 28.1 Å². The largest absolute Gasteiger partial charge is 0.339 e. The van der Waals surface area contributed by atoms with Gasteiger partial charge in [0.1, 0.15) is 6.54 Å². The molecule has 2 aromatic heterocycles. The van der Waals surface area contributed by atoms with Crippen LogP contribution in [0.3, 0.4) is 0 Å². The number of imidazole rings is 1. The van der Waals surface area contributed by atoms with Gasteiger partial charge >= 0.3 is 0 Å². The van der Waals surface area contributed by atoms with Crippen molar-refractivity contribution in [1.29, 1.82) is 0 Å². The summed E-state index contributed by atoms with van der Waals surface area (Å²) in [5.41, 5.74) is 1.74. The highest BCUT2D eigenvalue weighted by Gasteiger charge is 2.35. The summed E-state index contributed by atoms with van der Waals surface area (Å²) in [6.07, 6.45) is 9.06. The fraction of sp³-hybridized carbons (Fsp3) is 0.444. The van der Waals surface area contributed by atoms with Crippen molar-refractivity contribution < 1.29 is 9.59 Å². The number of aromatic nitrogens is 3. The van der Waals surface area contributed by atoms with Crippen LogP contribution in [0.1, 0.15) is 12.8 Å². The molecular formula is C18H21N5O2. The molecule has 2 fully saturated rings. The predicted molar refractivity (Wildman–Crippen MR) is 91.3 cm³/mol. The van der Waals surface area contributed by atoms with Crippen LogP contribution in [0.25, 0.3) is 11.3 Å². The van der Waals surface area contributed by atoms with E-state index < -0.39 is 0 Å². The number of amides is 2. The lowest BCUT2D eigenvalue weighted by atomic mass is 10.2. The van der Waals surface area contributed by atoms with Crippen molar-refractivity contribution in [2.45, 2.75) is 19.4 Å². The van der Waals surface area contributed by atoms with Gasteiger partial charge in [-0.25, -0.2) is 4.98 Å². The Balaban J connectivity index is 1.32. The number of rotatable bonds is 4. The Hall–Kier alpha value is -2.70. The maximum atomic E-state index is 12.5. The second kappa shape index (κ2) is 6.66. The predicted octanol–water partition coefficient (Wildman–Crippen LogP) is 1.03. The standard InChI is InChI=1S/C18H21N5O2/c24-17(22-6-8-23(9-7-22)18(25)14-3-4-14)12-21-11-16(20-13-21)15-2-1-5-19-10-15/h1-2,5,10-11,13-14H,3-4,6-9,12H2. The average molecular weight is 339 g/mol. The first-order valence-electron chi connectivity index (χ1n) is 8.69.